The van der Waals surface area contributed by atoms with E-state index in [9.17, 15) is 0 Å². The molecule has 0 amide bonds. The first-order chi connectivity index (χ1) is 11.9. The Morgan fingerprint density at radius 3 is 2.75 bits per heavy atom. The first-order valence-corrected chi connectivity index (χ1v) is 7.35. The zero-order valence-corrected chi connectivity index (χ0v) is 12.6. The largest absolute Gasteiger partial charge is 0.264 e. The molecule has 0 saturated heterocycles. The molecule has 0 radical (unpaired) electrons. The van der Waals surface area contributed by atoms with E-state index in [0.29, 0.717) is 5.82 Å². The maximum atomic E-state index is 4.40. The van der Waals surface area contributed by atoms with Crippen molar-refractivity contribution >= 4 is 23.1 Å². The normalized spacial score (nSPS) is 11.2. The predicted molar refractivity (Wildman–Crippen MR) is 92.1 cm³/mol. The van der Waals surface area contributed by atoms with E-state index in [4.69, 9.17) is 0 Å². The highest BCUT2D eigenvalue weighted by Gasteiger charge is 2.10. The van der Waals surface area contributed by atoms with E-state index < -0.39 is 0 Å². The van der Waals surface area contributed by atoms with Crippen LogP contribution in [0.5, 0.6) is 0 Å². The number of benzene rings is 1. The maximum Gasteiger partial charge on any atom is 0.168 e. The zero-order chi connectivity index (χ0) is 16.2. The molecule has 3 heterocycles. The summed E-state index contributed by atoms with van der Waals surface area (Å²) in [6, 6.07) is 13.6. The quantitative estimate of drug-likeness (QED) is 0.462. The van der Waals surface area contributed by atoms with Crippen LogP contribution < -0.4 is 5.43 Å². The third-order valence-corrected chi connectivity index (χ3v) is 3.44. The van der Waals surface area contributed by atoms with Crippen LogP contribution in [-0.2, 0) is 0 Å². The van der Waals surface area contributed by atoms with Gasteiger partial charge in [-0.1, -0.05) is 24.3 Å². The van der Waals surface area contributed by atoms with Gasteiger partial charge in [0, 0.05) is 18.0 Å². The molecule has 0 bridgehead atoms. The summed E-state index contributed by atoms with van der Waals surface area (Å²) in [5.74, 6) is 0.599. The summed E-state index contributed by atoms with van der Waals surface area (Å²) in [5, 5.41) is 9.40. The smallest absolute Gasteiger partial charge is 0.168 e. The van der Waals surface area contributed by atoms with Crippen molar-refractivity contribution in [2.24, 2.45) is 5.10 Å². The van der Waals surface area contributed by atoms with Gasteiger partial charge in [-0.25, -0.2) is 14.6 Å². The standard InChI is InChI=1S/C17H13N7/c1-2-6-14(7-3-1)24-17-15(11-22-24)16(19-12-20-17)23-21-10-13-5-4-8-18-9-13/h1-12H,(H,19,20,23)/b21-10+. The van der Waals surface area contributed by atoms with Gasteiger partial charge < -0.3 is 0 Å². The Hall–Kier alpha value is -3.61. The van der Waals surface area contributed by atoms with Gasteiger partial charge in [0.25, 0.3) is 0 Å². The molecule has 7 heteroatoms. The van der Waals surface area contributed by atoms with Crippen LogP contribution in [0.2, 0.25) is 0 Å². The van der Waals surface area contributed by atoms with E-state index in [-0.39, 0.29) is 0 Å². The Morgan fingerprint density at radius 2 is 1.92 bits per heavy atom. The molecule has 0 spiro atoms. The predicted octanol–water partition coefficient (Wildman–Crippen LogP) is 2.66. The number of anilines is 1. The van der Waals surface area contributed by atoms with Crippen molar-refractivity contribution < 1.29 is 0 Å². The third-order valence-electron chi connectivity index (χ3n) is 3.44. The first kappa shape index (κ1) is 14.0. The lowest BCUT2D eigenvalue weighted by Crippen LogP contribution is -1.99. The van der Waals surface area contributed by atoms with Crippen molar-refractivity contribution in [3.63, 3.8) is 0 Å². The summed E-state index contributed by atoms with van der Waals surface area (Å²) in [5.41, 5.74) is 5.50. The highest BCUT2D eigenvalue weighted by atomic mass is 15.3. The summed E-state index contributed by atoms with van der Waals surface area (Å²) in [6.07, 6.45) is 8.35. The van der Waals surface area contributed by atoms with E-state index >= 15 is 0 Å². The number of pyridine rings is 1. The average molecular weight is 315 g/mol. The number of para-hydroxylation sites is 1. The minimum absolute atomic E-state index is 0.599. The van der Waals surface area contributed by atoms with Crippen LogP contribution in [0.4, 0.5) is 5.82 Å². The number of rotatable bonds is 4. The number of hydrogen-bond donors (Lipinski definition) is 1. The zero-order valence-electron chi connectivity index (χ0n) is 12.6. The monoisotopic (exact) mass is 315 g/mol. The minimum Gasteiger partial charge on any atom is -0.264 e. The van der Waals surface area contributed by atoms with E-state index in [0.717, 1.165) is 22.3 Å². The number of aromatic nitrogens is 5. The summed E-state index contributed by atoms with van der Waals surface area (Å²) >= 11 is 0. The van der Waals surface area contributed by atoms with Crippen LogP contribution >= 0.6 is 0 Å². The summed E-state index contributed by atoms with van der Waals surface area (Å²) in [7, 11) is 0. The molecule has 24 heavy (non-hydrogen) atoms. The minimum atomic E-state index is 0.599. The summed E-state index contributed by atoms with van der Waals surface area (Å²) < 4.78 is 1.77. The molecular weight excluding hydrogens is 302 g/mol. The molecule has 0 aliphatic carbocycles. The number of nitrogens with zero attached hydrogens (tertiary/aromatic N) is 6. The van der Waals surface area contributed by atoms with Crippen LogP contribution in [0.15, 0.2) is 72.5 Å². The lowest BCUT2D eigenvalue weighted by atomic mass is 10.3. The Labute approximate surface area is 137 Å². The molecule has 0 fully saturated rings. The molecule has 116 valence electrons. The Kier molecular flexibility index (Phi) is 3.65. The van der Waals surface area contributed by atoms with Crippen molar-refractivity contribution in [1.29, 1.82) is 0 Å². The Morgan fingerprint density at radius 1 is 1.00 bits per heavy atom. The summed E-state index contributed by atoms with van der Waals surface area (Å²) in [6.45, 7) is 0. The highest BCUT2D eigenvalue weighted by molar-refractivity contribution is 5.88. The van der Waals surface area contributed by atoms with Gasteiger partial charge in [-0.3, -0.25) is 10.4 Å². The number of hydrogen-bond acceptors (Lipinski definition) is 6. The fourth-order valence-corrected chi connectivity index (χ4v) is 2.31. The van der Waals surface area contributed by atoms with Gasteiger partial charge in [0.2, 0.25) is 0 Å². The van der Waals surface area contributed by atoms with E-state index in [1.54, 1.807) is 29.5 Å². The van der Waals surface area contributed by atoms with Gasteiger partial charge in [-0.05, 0) is 18.2 Å². The molecule has 0 aliphatic heterocycles. The molecule has 3 aromatic heterocycles. The van der Waals surface area contributed by atoms with Crippen molar-refractivity contribution in [1.82, 2.24) is 24.7 Å². The van der Waals surface area contributed by atoms with Crippen molar-refractivity contribution in [2.45, 2.75) is 0 Å². The molecule has 1 aromatic carbocycles. The first-order valence-electron chi connectivity index (χ1n) is 7.35. The Balaban J connectivity index is 1.65. The fourth-order valence-electron chi connectivity index (χ4n) is 2.31. The van der Waals surface area contributed by atoms with Gasteiger partial charge in [0.05, 0.1) is 23.5 Å². The third kappa shape index (κ3) is 2.70. The second kappa shape index (κ2) is 6.25. The second-order valence-electron chi connectivity index (χ2n) is 5.01. The molecule has 0 saturated carbocycles. The van der Waals surface area contributed by atoms with Crippen LogP contribution in [0.25, 0.3) is 16.7 Å². The van der Waals surface area contributed by atoms with Gasteiger partial charge in [-0.15, -0.1) is 0 Å². The fraction of sp³-hybridized carbons (Fsp3) is 0. The average Bonchev–Trinajstić information content (AvgIpc) is 3.08. The highest BCUT2D eigenvalue weighted by Crippen LogP contribution is 2.21. The van der Waals surface area contributed by atoms with Crippen molar-refractivity contribution in [3.8, 4) is 5.69 Å². The summed E-state index contributed by atoms with van der Waals surface area (Å²) in [4.78, 5) is 12.6. The van der Waals surface area contributed by atoms with Crippen LogP contribution in [-0.4, -0.2) is 30.9 Å². The molecule has 0 unspecified atom stereocenters. The Bertz CT molecular complexity index is 978. The molecule has 1 N–H and O–H groups in total. The number of fused-ring (bicyclic) bond motifs is 1. The van der Waals surface area contributed by atoms with Gasteiger partial charge in [-0.2, -0.15) is 10.2 Å². The molecule has 0 aliphatic rings. The molecule has 0 atom stereocenters. The van der Waals surface area contributed by atoms with Crippen LogP contribution in [0.1, 0.15) is 5.56 Å². The van der Waals surface area contributed by atoms with Crippen molar-refractivity contribution in [2.75, 3.05) is 5.43 Å². The van der Waals surface area contributed by atoms with E-state index in [1.165, 1.54) is 6.33 Å². The molecule has 4 rings (SSSR count). The van der Waals surface area contributed by atoms with Gasteiger partial charge in [0.1, 0.15) is 6.33 Å². The lowest BCUT2D eigenvalue weighted by molar-refractivity contribution is 0.895. The van der Waals surface area contributed by atoms with Crippen LogP contribution in [0, 0.1) is 0 Å². The molecular formula is C17H13N7. The maximum absolute atomic E-state index is 4.40. The molecule has 4 aromatic rings. The molecule has 7 nitrogen and oxygen atoms in total. The number of hydrazone groups is 1. The van der Waals surface area contributed by atoms with Gasteiger partial charge >= 0.3 is 0 Å². The number of nitrogens with one attached hydrogen (secondary N) is 1. The second-order valence-corrected chi connectivity index (χ2v) is 5.01. The topological polar surface area (TPSA) is 80.9 Å². The van der Waals surface area contributed by atoms with Gasteiger partial charge in [0.15, 0.2) is 11.5 Å². The van der Waals surface area contributed by atoms with E-state index in [1.807, 2.05) is 42.5 Å². The SMILES string of the molecule is C(=N\Nc1ncnc2c1cnn2-c1ccccc1)/c1cccnc1. The van der Waals surface area contributed by atoms with E-state index in [2.05, 4.69) is 30.6 Å². The van der Waals surface area contributed by atoms with Crippen LogP contribution in [0.3, 0.4) is 0 Å². The lowest BCUT2D eigenvalue weighted by Gasteiger charge is -2.03. The van der Waals surface area contributed by atoms with Crippen molar-refractivity contribution in [3.05, 3.63) is 72.9 Å².